The molecular weight excluding hydrogens is 241 g/mol. The minimum Gasteiger partial charge on any atom is -0.378 e. The van der Waals surface area contributed by atoms with Crippen molar-refractivity contribution in [2.24, 2.45) is 5.73 Å². The second-order valence-electron chi connectivity index (χ2n) is 4.58. The van der Waals surface area contributed by atoms with Gasteiger partial charge in [0.2, 0.25) is 0 Å². The van der Waals surface area contributed by atoms with E-state index in [0.717, 1.165) is 5.69 Å². The van der Waals surface area contributed by atoms with Crippen molar-refractivity contribution in [1.82, 2.24) is 0 Å². The van der Waals surface area contributed by atoms with E-state index >= 15 is 0 Å². The third kappa shape index (κ3) is 4.56. The number of halogens is 3. The van der Waals surface area contributed by atoms with E-state index in [4.69, 9.17) is 5.73 Å². The third-order valence-electron chi connectivity index (χ3n) is 2.87. The lowest BCUT2D eigenvalue weighted by molar-refractivity contribution is -0.139. The van der Waals surface area contributed by atoms with Crippen molar-refractivity contribution in [2.75, 3.05) is 25.5 Å². The van der Waals surface area contributed by atoms with Gasteiger partial charge >= 0.3 is 6.18 Å². The van der Waals surface area contributed by atoms with E-state index in [9.17, 15) is 13.2 Å². The maximum atomic E-state index is 12.5. The van der Waals surface area contributed by atoms with Crippen molar-refractivity contribution in [3.05, 3.63) is 29.8 Å². The average molecular weight is 260 g/mol. The van der Waals surface area contributed by atoms with E-state index in [-0.39, 0.29) is 6.54 Å². The minimum atomic E-state index is -4.15. The third-order valence-corrected chi connectivity index (χ3v) is 2.87. The normalized spacial score (nSPS) is 13.4. The number of nitrogens with zero attached hydrogens (tertiary/aromatic N) is 1. The van der Waals surface area contributed by atoms with Crippen molar-refractivity contribution in [3.8, 4) is 0 Å². The van der Waals surface area contributed by atoms with Crippen LogP contribution in [0.5, 0.6) is 0 Å². The lowest BCUT2D eigenvalue weighted by Gasteiger charge is -2.20. The molecule has 2 nitrogen and oxygen atoms in total. The maximum Gasteiger partial charge on any atom is 0.389 e. The van der Waals surface area contributed by atoms with Gasteiger partial charge in [0.25, 0.3) is 0 Å². The fraction of sp³-hybridized carbons (Fsp3) is 0.538. The van der Waals surface area contributed by atoms with Gasteiger partial charge in [-0.1, -0.05) is 12.1 Å². The van der Waals surface area contributed by atoms with Crippen LogP contribution < -0.4 is 10.6 Å². The summed E-state index contributed by atoms with van der Waals surface area (Å²) in [5.41, 5.74) is 7.06. The fourth-order valence-electron chi connectivity index (χ4n) is 1.91. The molecule has 1 aromatic carbocycles. The van der Waals surface area contributed by atoms with Gasteiger partial charge < -0.3 is 10.6 Å². The second-order valence-corrected chi connectivity index (χ2v) is 4.58. The summed E-state index contributed by atoms with van der Waals surface area (Å²) in [6.07, 6.45) is -4.62. The van der Waals surface area contributed by atoms with Crippen LogP contribution in [-0.2, 0) is 0 Å². The predicted octanol–water partition coefficient (Wildman–Crippen LogP) is 3.14. The number of anilines is 1. The van der Waals surface area contributed by atoms with Crippen LogP contribution in [0.2, 0.25) is 0 Å². The van der Waals surface area contributed by atoms with Crippen molar-refractivity contribution in [1.29, 1.82) is 0 Å². The molecule has 0 radical (unpaired) electrons. The Morgan fingerprint density at radius 2 is 1.72 bits per heavy atom. The van der Waals surface area contributed by atoms with Gasteiger partial charge in [0.1, 0.15) is 0 Å². The van der Waals surface area contributed by atoms with E-state index < -0.39 is 18.5 Å². The first-order chi connectivity index (χ1) is 8.33. The molecule has 2 N–H and O–H groups in total. The quantitative estimate of drug-likeness (QED) is 0.881. The van der Waals surface area contributed by atoms with Crippen LogP contribution in [0.25, 0.3) is 0 Å². The van der Waals surface area contributed by atoms with E-state index in [0.29, 0.717) is 12.0 Å². The topological polar surface area (TPSA) is 29.3 Å². The molecule has 18 heavy (non-hydrogen) atoms. The highest BCUT2D eigenvalue weighted by Crippen LogP contribution is 2.33. The summed E-state index contributed by atoms with van der Waals surface area (Å²) in [6, 6.07) is 7.16. The Bertz CT molecular complexity index is 357. The Morgan fingerprint density at radius 1 is 1.17 bits per heavy atom. The van der Waals surface area contributed by atoms with E-state index in [1.54, 1.807) is 12.1 Å². The molecule has 1 rings (SSSR count). The molecule has 1 aromatic rings. The molecule has 0 spiro atoms. The summed E-state index contributed by atoms with van der Waals surface area (Å²) in [6.45, 7) is 0.260. The van der Waals surface area contributed by atoms with Gasteiger partial charge in [0.15, 0.2) is 0 Å². The first-order valence-corrected chi connectivity index (χ1v) is 5.87. The highest BCUT2D eigenvalue weighted by atomic mass is 19.4. The highest BCUT2D eigenvalue weighted by Gasteiger charge is 2.32. The van der Waals surface area contributed by atoms with Crippen LogP contribution in [0.15, 0.2) is 24.3 Å². The molecule has 1 unspecified atom stereocenters. The molecule has 1 atom stereocenters. The fourth-order valence-corrected chi connectivity index (χ4v) is 1.91. The molecule has 0 amide bonds. The molecular formula is C13H19F3N2. The molecule has 0 aliphatic carbocycles. The van der Waals surface area contributed by atoms with Gasteiger partial charge in [-0.25, -0.2) is 0 Å². The Morgan fingerprint density at radius 3 is 2.11 bits per heavy atom. The molecule has 0 saturated carbocycles. The molecule has 0 saturated heterocycles. The van der Waals surface area contributed by atoms with Crippen molar-refractivity contribution in [2.45, 2.75) is 24.9 Å². The zero-order valence-corrected chi connectivity index (χ0v) is 10.7. The molecule has 5 heteroatoms. The summed E-state index contributed by atoms with van der Waals surface area (Å²) in [7, 11) is 3.78. The highest BCUT2D eigenvalue weighted by molar-refractivity contribution is 5.46. The number of hydrogen-bond donors (Lipinski definition) is 1. The first kappa shape index (κ1) is 14.8. The van der Waals surface area contributed by atoms with Crippen LogP contribution in [0.4, 0.5) is 18.9 Å². The standard InChI is InChI=1S/C13H19F3N2/c1-18(2)12-5-3-10(4-6-12)11(7-8-17)9-13(14,15)16/h3-6,11H,7-9,17H2,1-2H3. The Hall–Kier alpha value is -1.23. The van der Waals surface area contributed by atoms with Crippen molar-refractivity contribution < 1.29 is 13.2 Å². The monoisotopic (exact) mass is 260 g/mol. The Kier molecular flexibility index (Phi) is 5.02. The number of benzene rings is 1. The van der Waals surface area contributed by atoms with Gasteiger partial charge in [-0.15, -0.1) is 0 Å². The van der Waals surface area contributed by atoms with Crippen LogP contribution in [-0.4, -0.2) is 26.8 Å². The summed E-state index contributed by atoms with van der Waals surface area (Å²) in [5.74, 6) is -0.550. The van der Waals surface area contributed by atoms with Crippen LogP contribution in [0.1, 0.15) is 24.3 Å². The Balaban J connectivity index is 2.85. The molecule has 0 aliphatic rings. The summed E-state index contributed by atoms with van der Waals surface area (Å²) in [5, 5.41) is 0. The van der Waals surface area contributed by atoms with Crippen LogP contribution in [0.3, 0.4) is 0 Å². The predicted molar refractivity (Wildman–Crippen MR) is 67.9 cm³/mol. The summed E-state index contributed by atoms with van der Waals surface area (Å²) >= 11 is 0. The van der Waals surface area contributed by atoms with Gasteiger partial charge in [-0.3, -0.25) is 0 Å². The van der Waals surface area contributed by atoms with E-state index in [1.807, 2.05) is 31.1 Å². The van der Waals surface area contributed by atoms with Crippen molar-refractivity contribution in [3.63, 3.8) is 0 Å². The second kappa shape index (κ2) is 6.09. The molecule has 0 fully saturated rings. The van der Waals surface area contributed by atoms with Gasteiger partial charge in [0, 0.05) is 19.8 Å². The van der Waals surface area contributed by atoms with Crippen LogP contribution >= 0.6 is 0 Å². The average Bonchev–Trinajstić information content (AvgIpc) is 2.27. The maximum absolute atomic E-state index is 12.5. The lowest BCUT2D eigenvalue weighted by Crippen LogP contribution is -2.17. The molecule has 0 aliphatic heterocycles. The molecule has 0 aromatic heterocycles. The van der Waals surface area contributed by atoms with E-state index in [2.05, 4.69) is 0 Å². The smallest absolute Gasteiger partial charge is 0.378 e. The number of nitrogens with two attached hydrogens (primary N) is 1. The molecule has 0 bridgehead atoms. The van der Waals surface area contributed by atoms with Crippen molar-refractivity contribution >= 4 is 5.69 Å². The Labute approximate surface area is 106 Å². The minimum absolute atomic E-state index is 0.260. The van der Waals surface area contributed by atoms with Gasteiger partial charge in [-0.05, 0) is 36.6 Å². The van der Waals surface area contributed by atoms with Gasteiger partial charge in [0.05, 0.1) is 6.42 Å². The van der Waals surface area contributed by atoms with Gasteiger partial charge in [-0.2, -0.15) is 13.2 Å². The number of hydrogen-bond acceptors (Lipinski definition) is 2. The molecule has 0 heterocycles. The molecule has 102 valence electrons. The summed E-state index contributed by atoms with van der Waals surface area (Å²) in [4.78, 5) is 1.91. The number of alkyl halides is 3. The SMILES string of the molecule is CN(C)c1ccc(C(CCN)CC(F)(F)F)cc1. The zero-order chi connectivity index (χ0) is 13.8. The number of rotatable bonds is 5. The van der Waals surface area contributed by atoms with Crippen LogP contribution in [0, 0.1) is 0 Å². The lowest BCUT2D eigenvalue weighted by atomic mass is 9.92. The largest absolute Gasteiger partial charge is 0.389 e. The van der Waals surface area contributed by atoms with E-state index in [1.165, 1.54) is 0 Å². The first-order valence-electron chi connectivity index (χ1n) is 5.87. The zero-order valence-electron chi connectivity index (χ0n) is 10.7. The summed E-state index contributed by atoms with van der Waals surface area (Å²) < 4.78 is 37.4.